The number of nitrogens with zero attached hydrogens (tertiary/aromatic N) is 1. The Bertz CT molecular complexity index is 561. The molecule has 0 spiro atoms. The van der Waals surface area contributed by atoms with Crippen LogP contribution in [0.4, 0.5) is 0 Å². The van der Waals surface area contributed by atoms with E-state index in [9.17, 15) is 8.42 Å². The smallest absolute Gasteiger partial charge is 0.243 e. The molecule has 1 aliphatic carbocycles. The van der Waals surface area contributed by atoms with Gasteiger partial charge in [-0.2, -0.15) is 4.31 Å². The Balaban J connectivity index is 1.58. The summed E-state index contributed by atoms with van der Waals surface area (Å²) in [5.74, 6) is 1.48. The molecule has 2 aliphatic rings. The molecule has 1 aromatic rings. The van der Waals surface area contributed by atoms with Gasteiger partial charge in [-0.25, -0.2) is 8.42 Å². The Labute approximate surface area is 120 Å². The van der Waals surface area contributed by atoms with Crippen LogP contribution in [0.2, 0.25) is 0 Å². The summed E-state index contributed by atoms with van der Waals surface area (Å²) in [4.78, 5) is 0.332. The molecule has 1 N–H and O–H groups in total. The van der Waals surface area contributed by atoms with Gasteiger partial charge in [-0.05, 0) is 49.6 Å². The summed E-state index contributed by atoms with van der Waals surface area (Å²) in [6.07, 6.45) is 2.63. The first kappa shape index (κ1) is 13.9. The predicted octanol–water partition coefficient (Wildman–Crippen LogP) is 1.07. The zero-order valence-electron chi connectivity index (χ0n) is 11.6. The first-order chi connectivity index (χ1) is 9.59. The molecule has 0 unspecified atom stereocenters. The molecule has 3 rings (SSSR count). The van der Waals surface area contributed by atoms with Gasteiger partial charge in [0.15, 0.2) is 0 Å². The Kier molecular flexibility index (Phi) is 3.70. The van der Waals surface area contributed by atoms with Gasteiger partial charge in [-0.15, -0.1) is 0 Å². The van der Waals surface area contributed by atoms with Crippen LogP contribution in [0, 0.1) is 5.92 Å². The number of benzene rings is 1. The first-order valence-electron chi connectivity index (χ1n) is 6.97. The van der Waals surface area contributed by atoms with E-state index < -0.39 is 10.0 Å². The fourth-order valence-corrected chi connectivity index (χ4v) is 3.85. The average molecular weight is 296 g/mol. The van der Waals surface area contributed by atoms with Crippen LogP contribution in [0.15, 0.2) is 29.2 Å². The molecule has 6 heteroatoms. The second-order valence-electron chi connectivity index (χ2n) is 5.55. The molecule has 1 aliphatic heterocycles. The molecule has 1 heterocycles. The average Bonchev–Trinajstić information content (AvgIpc) is 3.21. The van der Waals surface area contributed by atoms with Crippen molar-refractivity contribution >= 4 is 10.0 Å². The van der Waals surface area contributed by atoms with Crippen molar-refractivity contribution in [2.24, 2.45) is 5.92 Å². The Hall–Kier alpha value is -1.11. The Morgan fingerprint density at radius 1 is 1.25 bits per heavy atom. The zero-order chi connectivity index (χ0) is 14.2. The second-order valence-corrected chi connectivity index (χ2v) is 7.48. The number of ether oxygens (including phenoxy) is 1. The molecule has 110 valence electrons. The standard InChI is InChI=1S/C14H20N2O3S/c1-19-13-4-6-14(7-5-13)20(17,18)16-9-12(10-16)15-8-11-2-3-11/h4-7,11-12,15H,2-3,8-10H2,1H3. The third kappa shape index (κ3) is 2.82. The highest BCUT2D eigenvalue weighted by Gasteiger charge is 2.37. The fraction of sp³-hybridized carbons (Fsp3) is 0.571. The van der Waals surface area contributed by atoms with E-state index >= 15 is 0 Å². The van der Waals surface area contributed by atoms with Gasteiger partial charge in [-0.3, -0.25) is 0 Å². The van der Waals surface area contributed by atoms with Gasteiger partial charge in [0, 0.05) is 19.1 Å². The Morgan fingerprint density at radius 3 is 2.45 bits per heavy atom. The van der Waals surface area contributed by atoms with Gasteiger partial charge in [0.05, 0.1) is 12.0 Å². The molecule has 0 atom stereocenters. The van der Waals surface area contributed by atoms with Gasteiger partial charge in [0.25, 0.3) is 0 Å². The number of hydrogen-bond acceptors (Lipinski definition) is 4. The van der Waals surface area contributed by atoms with Crippen molar-refractivity contribution in [1.29, 1.82) is 0 Å². The van der Waals surface area contributed by atoms with Crippen molar-refractivity contribution in [3.63, 3.8) is 0 Å². The highest BCUT2D eigenvalue weighted by atomic mass is 32.2. The van der Waals surface area contributed by atoms with Crippen molar-refractivity contribution in [3.8, 4) is 5.75 Å². The summed E-state index contributed by atoms with van der Waals surface area (Å²) in [7, 11) is -1.78. The number of sulfonamides is 1. The zero-order valence-corrected chi connectivity index (χ0v) is 12.4. The minimum atomic E-state index is -3.35. The topological polar surface area (TPSA) is 58.6 Å². The quantitative estimate of drug-likeness (QED) is 0.853. The number of rotatable bonds is 6. The van der Waals surface area contributed by atoms with Crippen LogP contribution >= 0.6 is 0 Å². The minimum Gasteiger partial charge on any atom is -0.497 e. The van der Waals surface area contributed by atoms with E-state index in [0.29, 0.717) is 29.8 Å². The van der Waals surface area contributed by atoms with Crippen LogP contribution in [-0.2, 0) is 10.0 Å². The molecule has 1 saturated carbocycles. The second kappa shape index (κ2) is 5.35. The molecule has 1 saturated heterocycles. The molecule has 1 aromatic carbocycles. The van der Waals surface area contributed by atoms with Crippen LogP contribution < -0.4 is 10.1 Å². The molecule has 2 fully saturated rings. The summed E-state index contributed by atoms with van der Waals surface area (Å²) in [5.41, 5.74) is 0. The molecule has 5 nitrogen and oxygen atoms in total. The van der Waals surface area contributed by atoms with Crippen LogP contribution in [-0.4, -0.2) is 45.5 Å². The lowest BCUT2D eigenvalue weighted by molar-refractivity contribution is 0.225. The molecule has 0 amide bonds. The first-order valence-corrected chi connectivity index (χ1v) is 8.41. The minimum absolute atomic E-state index is 0.309. The fourth-order valence-electron chi connectivity index (χ4n) is 2.32. The van der Waals surface area contributed by atoms with Crippen molar-refractivity contribution in [3.05, 3.63) is 24.3 Å². The molecule has 0 bridgehead atoms. The maximum Gasteiger partial charge on any atom is 0.243 e. The number of methoxy groups -OCH3 is 1. The molecular formula is C14H20N2O3S. The number of nitrogens with one attached hydrogen (secondary N) is 1. The van der Waals surface area contributed by atoms with E-state index in [4.69, 9.17) is 4.74 Å². The lowest BCUT2D eigenvalue weighted by atomic mass is 10.2. The van der Waals surface area contributed by atoms with Crippen molar-refractivity contribution in [2.75, 3.05) is 26.7 Å². The van der Waals surface area contributed by atoms with Gasteiger partial charge in [0.2, 0.25) is 10.0 Å². The summed E-state index contributed by atoms with van der Waals surface area (Å²) >= 11 is 0. The van der Waals surface area contributed by atoms with Crippen LogP contribution in [0.5, 0.6) is 5.75 Å². The lowest BCUT2D eigenvalue weighted by Crippen LogP contribution is -2.59. The van der Waals surface area contributed by atoms with E-state index in [2.05, 4.69) is 5.32 Å². The molecule has 20 heavy (non-hydrogen) atoms. The van der Waals surface area contributed by atoms with Gasteiger partial charge in [-0.1, -0.05) is 0 Å². The molecule has 0 radical (unpaired) electrons. The van der Waals surface area contributed by atoms with E-state index in [-0.39, 0.29) is 0 Å². The molecule has 0 aromatic heterocycles. The Morgan fingerprint density at radius 2 is 1.90 bits per heavy atom. The highest BCUT2D eigenvalue weighted by Crippen LogP contribution is 2.29. The number of hydrogen-bond donors (Lipinski definition) is 1. The summed E-state index contributed by atoms with van der Waals surface area (Å²) in [6, 6.07) is 6.85. The normalized spacial score (nSPS) is 20.6. The van der Waals surface area contributed by atoms with Crippen molar-refractivity contribution in [2.45, 2.75) is 23.8 Å². The van der Waals surface area contributed by atoms with E-state index in [0.717, 1.165) is 12.5 Å². The summed E-state index contributed by atoms with van der Waals surface area (Å²) < 4.78 is 31.3. The maximum absolute atomic E-state index is 12.4. The van der Waals surface area contributed by atoms with Gasteiger partial charge < -0.3 is 10.1 Å². The molecular weight excluding hydrogens is 276 g/mol. The largest absolute Gasteiger partial charge is 0.497 e. The third-order valence-corrected chi connectivity index (χ3v) is 5.78. The highest BCUT2D eigenvalue weighted by molar-refractivity contribution is 7.89. The predicted molar refractivity (Wildman–Crippen MR) is 76.3 cm³/mol. The SMILES string of the molecule is COc1ccc(S(=O)(=O)N2CC(NCC3CC3)C2)cc1. The van der Waals surface area contributed by atoms with Gasteiger partial charge >= 0.3 is 0 Å². The maximum atomic E-state index is 12.4. The van der Waals surface area contributed by atoms with Crippen molar-refractivity contribution < 1.29 is 13.2 Å². The third-order valence-electron chi connectivity index (χ3n) is 3.94. The van der Waals surface area contributed by atoms with Crippen LogP contribution in [0.25, 0.3) is 0 Å². The van der Waals surface area contributed by atoms with E-state index in [1.165, 1.54) is 17.1 Å². The van der Waals surface area contributed by atoms with Crippen LogP contribution in [0.1, 0.15) is 12.8 Å². The summed E-state index contributed by atoms with van der Waals surface area (Å²) in [6.45, 7) is 2.17. The lowest BCUT2D eigenvalue weighted by Gasteiger charge is -2.38. The van der Waals surface area contributed by atoms with E-state index in [1.54, 1.807) is 31.4 Å². The monoisotopic (exact) mass is 296 g/mol. The van der Waals surface area contributed by atoms with Crippen LogP contribution in [0.3, 0.4) is 0 Å². The van der Waals surface area contributed by atoms with Crippen molar-refractivity contribution in [1.82, 2.24) is 9.62 Å². The summed E-state index contributed by atoms with van der Waals surface area (Å²) in [5, 5.41) is 3.43. The van der Waals surface area contributed by atoms with E-state index in [1.807, 2.05) is 0 Å². The van der Waals surface area contributed by atoms with Gasteiger partial charge in [0.1, 0.15) is 5.75 Å².